The average Bonchev–Trinajstić information content (AvgIpc) is 2.37. The van der Waals surface area contributed by atoms with Gasteiger partial charge in [-0.05, 0) is 52.0 Å². The minimum Gasteiger partial charge on any atom is -0.491 e. The van der Waals surface area contributed by atoms with Gasteiger partial charge in [-0.1, -0.05) is 0 Å². The van der Waals surface area contributed by atoms with Crippen molar-refractivity contribution in [1.82, 2.24) is 4.90 Å². The zero-order valence-electron chi connectivity index (χ0n) is 12.6. The van der Waals surface area contributed by atoms with Gasteiger partial charge in [0.15, 0.2) is 0 Å². The Morgan fingerprint density at radius 1 is 1.20 bits per heavy atom. The molecule has 1 saturated heterocycles. The minimum atomic E-state index is 0.0584. The molecule has 1 aromatic carbocycles. The van der Waals surface area contributed by atoms with Gasteiger partial charge >= 0.3 is 0 Å². The first-order valence-electron chi connectivity index (χ1n) is 7.17. The van der Waals surface area contributed by atoms with Crippen molar-refractivity contribution in [2.45, 2.75) is 46.0 Å². The fourth-order valence-corrected chi connectivity index (χ4v) is 2.47. The summed E-state index contributed by atoms with van der Waals surface area (Å²) in [6, 6.07) is 7.34. The molecule has 0 spiro atoms. The molecule has 0 radical (unpaired) electrons. The van der Waals surface area contributed by atoms with Crippen LogP contribution >= 0.6 is 0 Å². The lowest BCUT2D eigenvalue weighted by Gasteiger charge is -2.35. The second-order valence-corrected chi connectivity index (χ2v) is 5.66. The van der Waals surface area contributed by atoms with Crippen LogP contribution in [0.3, 0.4) is 0 Å². The molecule has 0 aromatic heterocycles. The van der Waals surface area contributed by atoms with Gasteiger partial charge in [0.1, 0.15) is 5.75 Å². The van der Waals surface area contributed by atoms with E-state index in [2.05, 4.69) is 0 Å². The zero-order chi connectivity index (χ0) is 14.7. The lowest BCUT2D eigenvalue weighted by atomic mass is 10.1. The van der Waals surface area contributed by atoms with E-state index in [4.69, 9.17) is 9.47 Å². The molecule has 0 unspecified atom stereocenters. The Labute approximate surface area is 120 Å². The Morgan fingerprint density at radius 2 is 1.75 bits per heavy atom. The topological polar surface area (TPSA) is 38.8 Å². The first-order chi connectivity index (χ1) is 9.45. The maximum Gasteiger partial charge on any atom is 0.254 e. The van der Waals surface area contributed by atoms with Crippen molar-refractivity contribution in [3.8, 4) is 5.75 Å². The van der Waals surface area contributed by atoms with Crippen LogP contribution in [0.25, 0.3) is 0 Å². The van der Waals surface area contributed by atoms with E-state index in [-0.39, 0.29) is 24.2 Å². The standard InChI is InChI=1S/C16H23NO3/c1-11(2)19-15-7-5-14(6-8-15)16(18)17-9-12(3)20-13(4)10-17/h5-8,11-13H,9-10H2,1-4H3/t12-,13-/m1/s1. The Bertz CT molecular complexity index is 445. The van der Waals surface area contributed by atoms with Crippen molar-refractivity contribution in [3.05, 3.63) is 29.8 Å². The summed E-state index contributed by atoms with van der Waals surface area (Å²) in [5.41, 5.74) is 0.697. The highest BCUT2D eigenvalue weighted by molar-refractivity contribution is 5.94. The molecule has 20 heavy (non-hydrogen) atoms. The monoisotopic (exact) mass is 277 g/mol. The molecule has 2 rings (SSSR count). The van der Waals surface area contributed by atoms with Gasteiger partial charge < -0.3 is 14.4 Å². The number of ether oxygens (including phenoxy) is 2. The highest BCUT2D eigenvalue weighted by Gasteiger charge is 2.26. The molecule has 1 aliphatic heterocycles. The highest BCUT2D eigenvalue weighted by Crippen LogP contribution is 2.18. The third-order valence-corrected chi connectivity index (χ3v) is 3.18. The van der Waals surface area contributed by atoms with E-state index in [0.717, 1.165) is 5.75 Å². The van der Waals surface area contributed by atoms with E-state index < -0.39 is 0 Å². The molecular formula is C16H23NO3. The number of hydrogen-bond acceptors (Lipinski definition) is 3. The SMILES string of the molecule is CC(C)Oc1ccc(C(=O)N2C[C@@H](C)O[C@H](C)C2)cc1. The van der Waals surface area contributed by atoms with Crippen LogP contribution in [-0.2, 0) is 4.74 Å². The summed E-state index contributed by atoms with van der Waals surface area (Å²) < 4.78 is 11.2. The zero-order valence-corrected chi connectivity index (χ0v) is 12.6. The van der Waals surface area contributed by atoms with E-state index in [0.29, 0.717) is 18.7 Å². The van der Waals surface area contributed by atoms with Crippen LogP contribution in [-0.4, -0.2) is 42.2 Å². The molecule has 4 heteroatoms. The molecule has 0 N–H and O–H groups in total. The Balaban J connectivity index is 2.05. The molecule has 2 atom stereocenters. The molecule has 0 aliphatic carbocycles. The molecule has 1 heterocycles. The minimum absolute atomic E-state index is 0.0584. The fraction of sp³-hybridized carbons (Fsp3) is 0.562. The van der Waals surface area contributed by atoms with Crippen molar-refractivity contribution >= 4 is 5.91 Å². The van der Waals surface area contributed by atoms with Crippen LogP contribution in [0.1, 0.15) is 38.1 Å². The van der Waals surface area contributed by atoms with Crippen LogP contribution in [0, 0.1) is 0 Å². The molecule has 1 amide bonds. The van der Waals surface area contributed by atoms with Crippen LogP contribution in [0.4, 0.5) is 0 Å². The van der Waals surface area contributed by atoms with E-state index in [1.807, 2.05) is 56.9 Å². The van der Waals surface area contributed by atoms with Gasteiger partial charge in [0, 0.05) is 18.7 Å². The van der Waals surface area contributed by atoms with E-state index in [1.165, 1.54) is 0 Å². The average molecular weight is 277 g/mol. The predicted octanol–water partition coefficient (Wildman–Crippen LogP) is 2.72. The molecule has 1 aromatic rings. The highest BCUT2D eigenvalue weighted by atomic mass is 16.5. The Hall–Kier alpha value is -1.55. The van der Waals surface area contributed by atoms with Crippen LogP contribution < -0.4 is 4.74 Å². The molecule has 0 saturated carbocycles. The van der Waals surface area contributed by atoms with Crippen molar-refractivity contribution in [2.75, 3.05) is 13.1 Å². The summed E-state index contributed by atoms with van der Waals surface area (Å²) in [5.74, 6) is 0.850. The summed E-state index contributed by atoms with van der Waals surface area (Å²) in [6.45, 7) is 9.25. The van der Waals surface area contributed by atoms with Crippen molar-refractivity contribution in [2.24, 2.45) is 0 Å². The fourth-order valence-electron chi connectivity index (χ4n) is 2.47. The number of carbonyl (C=O) groups is 1. The third-order valence-electron chi connectivity index (χ3n) is 3.18. The summed E-state index contributed by atoms with van der Waals surface area (Å²) in [6.07, 6.45) is 0.315. The summed E-state index contributed by atoms with van der Waals surface area (Å²) >= 11 is 0. The molecule has 110 valence electrons. The molecule has 1 fully saturated rings. The lowest BCUT2D eigenvalue weighted by molar-refractivity contribution is -0.0586. The molecule has 0 bridgehead atoms. The second kappa shape index (κ2) is 6.27. The number of amides is 1. The maximum atomic E-state index is 12.5. The normalized spacial score (nSPS) is 22.9. The van der Waals surface area contributed by atoms with Gasteiger partial charge in [0.25, 0.3) is 5.91 Å². The number of benzene rings is 1. The van der Waals surface area contributed by atoms with Gasteiger partial charge in [-0.3, -0.25) is 4.79 Å². The maximum absolute atomic E-state index is 12.5. The second-order valence-electron chi connectivity index (χ2n) is 5.66. The molecular weight excluding hydrogens is 254 g/mol. The molecule has 4 nitrogen and oxygen atoms in total. The smallest absolute Gasteiger partial charge is 0.254 e. The predicted molar refractivity (Wildman–Crippen MR) is 78.1 cm³/mol. The number of morpholine rings is 1. The van der Waals surface area contributed by atoms with Crippen LogP contribution in [0.5, 0.6) is 5.75 Å². The van der Waals surface area contributed by atoms with Gasteiger partial charge in [-0.15, -0.1) is 0 Å². The van der Waals surface area contributed by atoms with Gasteiger partial charge in [0.05, 0.1) is 18.3 Å². The number of hydrogen-bond donors (Lipinski definition) is 0. The Morgan fingerprint density at radius 3 is 2.25 bits per heavy atom. The number of carbonyl (C=O) groups excluding carboxylic acids is 1. The summed E-state index contributed by atoms with van der Waals surface area (Å²) in [5, 5.41) is 0. The Kier molecular flexibility index (Phi) is 4.65. The van der Waals surface area contributed by atoms with E-state index in [9.17, 15) is 4.79 Å². The van der Waals surface area contributed by atoms with Gasteiger partial charge in [0.2, 0.25) is 0 Å². The van der Waals surface area contributed by atoms with Gasteiger partial charge in [-0.25, -0.2) is 0 Å². The van der Waals surface area contributed by atoms with Gasteiger partial charge in [-0.2, -0.15) is 0 Å². The van der Waals surface area contributed by atoms with Crippen molar-refractivity contribution in [3.63, 3.8) is 0 Å². The summed E-state index contributed by atoms with van der Waals surface area (Å²) in [7, 11) is 0. The van der Waals surface area contributed by atoms with E-state index >= 15 is 0 Å². The molecule has 1 aliphatic rings. The summed E-state index contributed by atoms with van der Waals surface area (Å²) in [4.78, 5) is 14.3. The van der Waals surface area contributed by atoms with Crippen LogP contribution in [0.15, 0.2) is 24.3 Å². The first-order valence-corrected chi connectivity index (χ1v) is 7.17. The number of rotatable bonds is 3. The third kappa shape index (κ3) is 3.73. The van der Waals surface area contributed by atoms with Crippen molar-refractivity contribution in [1.29, 1.82) is 0 Å². The van der Waals surface area contributed by atoms with Crippen LogP contribution in [0.2, 0.25) is 0 Å². The quantitative estimate of drug-likeness (QED) is 0.852. The number of nitrogens with zero attached hydrogens (tertiary/aromatic N) is 1. The van der Waals surface area contributed by atoms with Crippen molar-refractivity contribution < 1.29 is 14.3 Å². The van der Waals surface area contributed by atoms with E-state index in [1.54, 1.807) is 0 Å². The lowest BCUT2D eigenvalue weighted by Crippen LogP contribution is -2.48. The first kappa shape index (κ1) is 14.9. The largest absolute Gasteiger partial charge is 0.491 e.